The predicted molar refractivity (Wildman–Crippen MR) is 116 cm³/mol. The van der Waals surface area contributed by atoms with Crippen molar-refractivity contribution in [2.75, 3.05) is 5.32 Å². The minimum absolute atomic E-state index is 0.412. The smallest absolute Gasteiger partial charge is 0.191 e. The first-order valence-corrected chi connectivity index (χ1v) is 9.11. The van der Waals surface area contributed by atoms with Gasteiger partial charge in [-0.1, -0.05) is 54.1 Å². The summed E-state index contributed by atoms with van der Waals surface area (Å²) in [5, 5.41) is 8.35. The summed E-state index contributed by atoms with van der Waals surface area (Å²) >= 11 is 11.2. The molecule has 27 heavy (non-hydrogen) atoms. The summed E-state index contributed by atoms with van der Waals surface area (Å²) < 4.78 is 5.91. The third-order valence-electron chi connectivity index (χ3n) is 3.60. The maximum absolute atomic E-state index is 6.01. The van der Waals surface area contributed by atoms with Crippen LogP contribution < -0.4 is 15.5 Å². The van der Waals surface area contributed by atoms with Crippen molar-refractivity contribution in [3.63, 3.8) is 0 Å². The normalized spacial score (nSPS) is 10.6. The van der Waals surface area contributed by atoms with Crippen molar-refractivity contribution in [1.29, 1.82) is 0 Å². The van der Waals surface area contributed by atoms with Crippen LogP contribution in [0.5, 0.6) is 5.75 Å². The molecule has 0 atom stereocenters. The molecule has 0 amide bonds. The van der Waals surface area contributed by atoms with Crippen molar-refractivity contribution in [2.24, 2.45) is 5.10 Å². The second kappa shape index (κ2) is 9.71. The van der Waals surface area contributed by atoms with Gasteiger partial charge in [-0.25, -0.2) is 0 Å². The topological polar surface area (TPSA) is 45.7 Å². The molecule has 3 rings (SSSR count). The summed E-state index contributed by atoms with van der Waals surface area (Å²) in [5.41, 5.74) is 5.55. The molecule has 0 unspecified atom stereocenters. The van der Waals surface area contributed by atoms with Crippen LogP contribution in [0, 0.1) is 0 Å². The van der Waals surface area contributed by atoms with Crippen LogP contribution >= 0.6 is 23.8 Å². The van der Waals surface area contributed by atoms with E-state index in [0.717, 1.165) is 22.6 Å². The van der Waals surface area contributed by atoms with Crippen molar-refractivity contribution in [1.82, 2.24) is 5.43 Å². The molecule has 0 radical (unpaired) electrons. The molecule has 6 heteroatoms. The zero-order valence-corrected chi connectivity index (χ0v) is 16.0. The van der Waals surface area contributed by atoms with Gasteiger partial charge < -0.3 is 10.1 Å². The monoisotopic (exact) mass is 395 g/mol. The minimum Gasteiger partial charge on any atom is -0.488 e. The van der Waals surface area contributed by atoms with Crippen LogP contribution in [-0.4, -0.2) is 11.3 Å². The van der Waals surface area contributed by atoms with Gasteiger partial charge >= 0.3 is 0 Å². The van der Waals surface area contributed by atoms with Crippen LogP contribution in [-0.2, 0) is 6.61 Å². The quantitative estimate of drug-likeness (QED) is 0.340. The molecule has 0 aliphatic rings. The van der Waals surface area contributed by atoms with E-state index >= 15 is 0 Å². The first-order chi connectivity index (χ1) is 13.2. The Morgan fingerprint density at radius 1 is 1.00 bits per heavy atom. The van der Waals surface area contributed by atoms with Crippen molar-refractivity contribution in [2.45, 2.75) is 6.61 Å². The van der Waals surface area contributed by atoms with Gasteiger partial charge in [0.15, 0.2) is 5.11 Å². The lowest BCUT2D eigenvalue weighted by Gasteiger charge is -2.10. The number of thiocarbonyl (C=S) groups is 1. The van der Waals surface area contributed by atoms with E-state index in [9.17, 15) is 0 Å². The lowest BCUT2D eigenvalue weighted by atomic mass is 10.2. The molecular weight excluding hydrogens is 378 g/mol. The first kappa shape index (κ1) is 18.9. The number of nitrogens with one attached hydrogen (secondary N) is 2. The Morgan fingerprint density at radius 2 is 1.78 bits per heavy atom. The lowest BCUT2D eigenvalue weighted by Crippen LogP contribution is -2.23. The highest BCUT2D eigenvalue weighted by Gasteiger charge is 2.02. The largest absolute Gasteiger partial charge is 0.488 e. The molecule has 0 aliphatic carbocycles. The van der Waals surface area contributed by atoms with Gasteiger partial charge in [0, 0.05) is 16.3 Å². The Labute approximate surface area is 168 Å². The Morgan fingerprint density at radius 3 is 2.59 bits per heavy atom. The fourth-order valence-electron chi connectivity index (χ4n) is 2.35. The van der Waals surface area contributed by atoms with Crippen LogP contribution in [0.2, 0.25) is 5.02 Å². The van der Waals surface area contributed by atoms with Gasteiger partial charge in [0.1, 0.15) is 12.4 Å². The number of anilines is 1. The van der Waals surface area contributed by atoms with Crippen LogP contribution in [0.15, 0.2) is 84.0 Å². The highest BCUT2D eigenvalue weighted by molar-refractivity contribution is 7.80. The predicted octanol–water partition coefficient (Wildman–Crippen LogP) is 5.24. The van der Waals surface area contributed by atoms with Gasteiger partial charge in [0.25, 0.3) is 0 Å². The number of hydrazone groups is 1. The third-order valence-corrected chi connectivity index (χ3v) is 4.03. The van der Waals surface area contributed by atoms with E-state index in [1.165, 1.54) is 0 Å². The molecule has 0 fully saturated rings. The molecule has 0 spiro atoms. The number of hydrogen-bond donors (Lipinski definition) is 2. The van der Waals surface area contributed by atoms with E-state index in [4.69, 9.17) is 28.6 Å². The molecule has 3 aromatic rings. The molecule has 136 valence electrons. The van der Waals surface area contributed by atoms with Crippen LogP contribution in [0.1, 0.15) is 11.1 Å². The van der Waals surface area contributed by atoms with E-state index < -0.39 is 0 Å². The van der Waals surface area contributed by atoms with Gasteiger partial charge in [-0.2, -0.15) is 5.10 Å². The molecule has 0 bridgehead atoms. The molecule has 2 N–H and O–H groups in total. The summed E-state index contributed by atoms with van der Waals surface area (Å²) in [4.78, 5) is 0. The number of hydrogen-bond acceptors (Lipinski definition) is 3. The Bertz CT molecular complexity index is 931. The van der Waals surface area contributed by atoms with E-state index in [0.29, 0.717) is 16.7 Å². The van der Waals surface area contributed by atoms with Gasteiger partial charge in [0.2, 0.25) is 0 Å². The zero-order valence-electron chi connectivity index (χ0n) is 14.4. The number of rotatable bonds is 6. The van der Waals surface area contributed by atoms with Gasteiger partial charge in [-0.3, -0.25) is 5.43 Å². The summed E-state index contributed by atoms with van der Waals surface area (Å²) in [5.74, 6) is 0.727. The van der Waals surface area contributed by atoms with Gasteiger partial charge in [-0.05, 0) is 54.2 Å². The maximum atomic E-state index is 6.01. The fraction of sp³-hybridized carbons (Fsp3) is 0.0476. The summed E-state index contributed by atoms with van der Waals surface area (Å²) in [7, 11) is 0. The van der Waals surface area contributed by atoms with Crippen LogP contribution in [0.4, 0.5) is 5.69 Å². The second-order valence-corrected chi connectivity index (χ2v) is 6.49. The van der Waals surface area contributed by atoms with Gasteiger partial charge in [0.05, 0.1) is 6.21 Å². The average molecular weight is 396 g/mol. The molecule has 0 aromatic heterocycles. The second-order valence-electron chi connectivity index (χ2n) is 5.65. The van der Waals surface area contributed by atoms with Crippen molar-refractivity contribution >= 4 is 40.8 Å². The highest BCUT2D eigenvalue weighted by Crippen LogP contribution is 2.19. The van der Waals surface area contributed by atoms with E-state index in [1.54, 1.807) is 6.21 Å². The van der Waals surface area contributed by atoms with Crippen LogP contribution in [0.25, 0.3) is 0 Å². The number of para-hydroxylation sites is 2. The molecular formula is C21H18ClN3OS. The zero-order chi connectivity index (χ0) is 18.9. The Hall–Kier alpha value is -2.89. The summed E-state index contributed by atoms with van der Waals surface area (Å²) in [6.45, 7) is 0.423. The maximum Gasteiger partial charge on any atom is 0.191 e. The van der Waals surface area contributed by atoms with Gasteiger partial charge in [-0.15, -0.1) is 0 Å². The highest BCUT2D eigenvalue weighted by atomic mass is 35.5. The molecule has 4 nitrogen and oxygen atoms in total. The van der Waals surface area contributed by atoms with E-state index in [2.05, 4.69) is 15.8 Å². The third kappa shape index (κ3) is 6.09. The molecule has 0 saturated heterocycles. The number of benzene rings is 3. The number of nitrogens with zero attached hydrogens (tertiary/aromatic N) is 1. The van der Waals surface area contributed by atoms with Crippen molar-refractivity contribution in [3.8, 4) is 5.75 Å². The molecule has 3 aromatic carbocycles. The fourth-order valence-corrected chi connectivity index (χ4v) is 2.73. The standard InChI is InChI=1S/C21H18ClN3OS/c22-18-9-6-7-16(13-18)15-26-20-12-5-4-8-17(20)14-23-25-21(27)24-19-10-2-1-3-11-19/h1-14H,15H2,(H2,24,25,27). The van der Waals surface area contributed by atoms with Crippen molar-refractivity contribution < 1.29 is 4.74 Å². The van der Waals surface area contributed by atoms with Crippen LogP contribution in [0.3, 0.4) is 0 Å². The Kier molecular flexibility index (Phi) is 6.79. The number of halogens is 1. The first-order valence-electron chi connectivity index (χ1n) is 8.32. The summed E-state index contributed by atoms with van der Waals surface area (Å²) in [6, 6.07) is 24.9. The van der Waals surface area contributed by atoms with Crippen molar-refractivity contribution in [3.05, 3.63) is 95.0 Å². The van der Waals surface area contributed by atoms with E-state index in [-0.39, 0.29) is 0 Å². The number of ether oxygens (including phenoxy) is 1. The average Bonchev–Trinajstić information content (AvgIpc) is 2.68. The van der Waals surface area contributed by atoms with E-state index in [1.807, 2.05) is 78.9 Å². The molecule has 0 heterocycles. The SMILES string of the molecule is S=C(NN=Cc1ccccc1OCc1cccc(Cl)c1)Nc1ccccc1. The lowest BCUT2D eigenvalue weighted by molar-refractivity contribution is 0.306. The summed E-state index contributed by atoms with van der Waals surface area (Å²) in [6.07, 6.45) is 1.67. The minimum atomic E-state index is 0.412. The molecule has 0 saturated carbocycles. The Balaban J connectivity index is 1.58. The molecule has 0 aliphatic heterocycles.